The second-order valence-corrected chi connectivity index (χ2v) is 7.74. The highest BCUT2D eigenvalue weighted by atomic mass is 35.5. The highest BCUT2D eigenvalue weighted by molar-refractivity contribution is 6.31. The van der Waals surface area contributed by atoms with Gasteiger partial charge in [0.25, 0.3) is 17.7 Å². The van der Waals surface area contributed by atoms with Crippen molar-refractivity contribution in [2.45, 2.75) is 0 Å². The van der Waals surface area contributed by atoms with Crippen LogP contribution in [0.3, 0.4) is 0 Å². The summed E-state index contributed by atoms with van der Waals surface area (Å²) in [7, 11) is 0. The lowest BCUT2D eigenvalue weighted by Gasteiger charge is -2.13. The number of nitro benzene ring substituents is 1. The fourth-order valence-electron chi connectivity index (χ4n) is 3.25. The van der Waals surface area contributed by atoms with Crippen LogP contribution in [0.2, 0.25) is 5.02 Å². The van der Waals surface area contributed by atoms with E-state index in [9.17, 15) is 24.5 Å². The lowest BCUT2D eigenvalue weighted by Crippen LogP contribution is -2.35. The van der Waals surface area contributed by atoms with Gasteiger partial charge in [-0.2, -0.15) is 0 Å². The Bertz CT molecular complexity index is 1340. The molecule has 1 saturated heterocycles. The molecule has 1 aliphatic rings. The van der Waals surface area contributed by atoms with Gasteiger partial charge >= 0.3 is 5.69 Å². The molecule has 0 spiro atoms. The maximum Gasteiger partial charge on any atom is 0.311 e. The Labute approximate surface area is 203 Å². The van der Waals surface area contributed by atoms with Crippen molar-refractivity contribution in [2.24, 2.45) is 0 Å². The molecule has 4 rings (SSSR count). The molecule has 3 amide bonds. The SMILES string of the molecule is O=C(COc1ccc(C=C2C(=O)NN(c3ccccc3)C2=O)cc1[N+](=O)[O-])Nc1ccc(Cl)cc1. The van der Waals surface area contributed by atoms with Crippen molar-refractivity contribution in [2.75, 3.05) is 16.9 Å². The van der Waals surface area contributed by atoms with Crippen LogP contribution in [0, 0.1) is 10.1 Å². The molecule has 2 N–H and O–H groups in total. The quantitative estimate of drug-likeness (QED) is 0.224. The number of anilines is 2. The van der Waals surface area contributed by atoms with Gasteiger partial charge in [0.1, 0.15) is 5.57 Å². The van der Waals surface area contributed by atoms with E-state index in [2.05, 4.69) is 10.7 Å². The Morgan fingerprint density at radius 3 is 2.49 bits per heavy atom. The van der Waals surface area contributed by atoms with Crippen LogP contribution in [-0.4, -0.2) is 29.3 Å². The Hall–Kier alpha value is -4.70. The van der Waals surface area contributed by atoms with Gasteiger partial charge in [-0.15, -0.1) is 0 Å². The van der Waals surface area contributed by atoms with Crippen LogP contribution in [0.25, 0.3) is 6.08 Å². The van der Waals surface area contributed by atoms with Gasteiger partial charge in [0, 0.05) is 16.8 Å². The zero-order chi connectivity index (χ0) is 24.9. The summed E-state index contributed by atoms with van der Waals surface area (Å²) in [5.41, 5.74) is 3.05. The van der Waals surface area contributed by atoms with E-state index in [4.69, 9.17) is 16.3 Å². The maximum absolute atomic E-state index is 12.7. The van der Waals surface area contributed by atoms with E-state index in [1.165, 1.54) is 18.2 Å². The standard InChI is InChI=1S/C24H17ClN4O6/c25-16-7-9-17(10-8-16)26-22(30)14-35-21-11-6-15(13-20(21)29(33)34)12-19-23(31)27-28(24(19)32)18-4-2-1-3-5-18/h1-13H,14H2,(H,26,30)(H,27,31). The molecule has 1 aliphatic heterocycles. The van der Waals surface area contributed by atoms with Crippen LogP contribution in [0.4, 0.5) is 17.1 Å². The average Bonchev–Trinajstić information content (AvgIpc) is 3.13. The van der Waals surface area contributed by atoms with Gasteiger partial charge < -0.3 is 10.1 Å². The predicted molar refractivity (Wildman–Crippen MR) is 129 cm³/mol. The van der Waals surface area contributed by atoms with Crippen molar-refractivity contribution < 1.29 is 24.0 Å². The summed E-state index contributed by atoms with van der Waals surface area (Å²) in [5, 5.41) is 15.8. The smallest absolute Gasteiger partial charge is 0.311 e. The summed E-state index contributed by atoms with van der Waals surface area (Å²) < 4.78 is 5.34. The van der Waals surface area contributed by atoms with Crippen molar-refractivity contribution in [1.29, 1.82) is 0 Å². The van der Waals surface area contributed by atoms with Crippen LogP contribution in [0.1, 0.15) is 5.56 Å². The van der Waals surface area contributed by atoms with E-state index < -0.39 is 34.9 Å². The Balaban J connectivity index is 1.49. The molecule has 0 saturated carbocycles. The molecule has 10 nitrogen and oxygen atoms in total. The highest BCUT2D eigenvalue weighted by Gasteiger charge is 2.34. The summed E-state index contributed by atoms with van der Waals surface area (Å²) in [6, 6.07) is 18.8. The molecule has 3 aromatic carbocycles. The molecular weight excluding hydrogens is 476 g/mol. The third kappa shape index (κ3) is 5.45. The summed E-state index contributed by atoms with van der Waals surface area (Å²) >= 11 is 5.81. The Morgan fingerprint density at radius 1 is 1.09 bits per heavy atom. The molecule has 35 heavy (non-hydrogen) atoms. The number of hydrogen-bond acceptors (Lipinski definition) is 6. The van der Waals surface area contributed by atoms with E-state index in [1.54, 1.807) is 54.6 Å². The topological polar surface area (TPSA) is 131 Å². The van der Waals surface area contributed by atoms with Gasteiger partial charge in [0.05, 0.1) is 10.6 Å². The first-order valence-electron chi connectivity index (χ1n) is 10.2. The van der Waals surface area contributed by atoms with Crippen molar-refractivity contribution in [1.82, 2.24) is 5.43 Å². The summed E-state index contributed by atoms with van der Waals surface area (Å²) in [5.74, 6) is -1.90. The van der Waals surface area contributed by atoms with Crippen molar-refractivity contribution in [3.8, 4) is 5.75 Å². The number of halogens is 1. The number of carbonyl (C=O) groups excluding carboxylic acids is 3. The van der Waals surface area contributed by atoms with Crippen molar-refractivity contribution in [3.63, 3.8) is 0 Å². The first kappa shape index (κ1) is 23.5. The lowest BCUT2D eigenvalue weighted by molar-refractivity contribution is -0.385. The van der Waals surface area contributed by atoms with E-state index in [-0.39, 0.29) is 16.9 Å². The number of nitro groups is 1. The predicted octanol–water partition coefficient (Wildman–Crippen LogP) is 3.73. The second kappa shape index (κ2) is 10.1. The molecule has 1 fully saturated rings. The molecule has 0 aliphatic carbocycles. The number of para-hydroxylation sites is 1. The molecule has 176 valence electrons. The zero-order valence-electron chi connectivity index (χ0n) is 17.9. The maximum atomic E-state index is 12.7. The number of nitrogens with zero attached hydrogens (tertiary/aromatic N) is 2. The summed E-state index contributed by atoms with van der Waals surface area (Å²) in [6.07, 6.45) is 1.25. The van der Waals surface area contributed by atoms with Crippen LogP contribution in [0.5, 0.6) is 5.75 Å². The van der Waals surface area contributed by atoms with Gasteiger partial charge in [-0.1, -0.05) is 35.9 Å². The largest absolute Gasteiger partial charge is 0.477 e. The normalized spacial score (nSPS) is 14.1. The summed E-state index contributed by atoms with van der Waals surface area (Å²) in [4.78, 5) is 48.1. The molecule has 11 heteroatoms. The fourth-order valence-corrected chi connectivity index (χ4v) is 3.37. The number of hydrogen-bond donors (Lipinski definition) is 2. The minimum Gasteiger partial charge on any atom is -0.477 e. The van der Waals surface area contributed by atoms with Gasteiger partial charge in [0.15, 0.2) is 12.4 Å². The van der Waals surface area contributed by atoms with Crippen LogP contribution in [-0.2, 0) is 14.4 Å². The van der Waals surface area contributed by atoms with Crippen LogP contribution < -0.4 is 20.5 Å². The Morgan fingerprint density at radius 2 is 1.80 bits per heavy atom. The zero-order valence-corrected chi connectivity index (χ0v) is 18.7. The van der Waals surface area contributed by atoms with E-state index in [1.807, 2.05) is 0 Å². The number of hydrazine groups is 1. The van der Waals surface area contributed by atoms with Crippen molar-refractivity contribution in [3.05, 3.63) is 99.1 Å². The number of amides is 3. The fraction of sp³-hybridized carbons (Fsp3) is 0.0417. The van der Waals surface area contributed by atoms with E-state index >= 15 is 0 Å². The van der Waals surface area contributed by atoms with Crippen molar-refractivity contribution >= 4 is 52.5 Å². The molecule has 0 bridgehead atoms. The minimum atomic E-state index is -0.679. The van der Waals surface area contributed by atoms with Gasteiger partial charge in [0.2, 0.25) is 0 Å². The number of carbonyl (C=O) groups is 3. The highest BCUT2D eigenvalue weighted by Crippen LogP contribution is 2.30. The number of ether oxygens (including phenoxy) is 1. The molecule has 0 unspecified atom stereocenters. The van der Waals surface area contributed by atoms with E-state index in [0.29, 0.717) is 16.4 Å². The van der Waals surface area contributed by atoms with Gasteiger partial charge in [-0.3, -0.25) is 29.9 Å². The third-order valence-electron chi connectivity index (χ3n) is 4.88. The molecule has 0 radical (unpaired) electrons. The number of benzene rings is 3. The monoisotopic (exact) mass is 492 g/mol. The molecule has 0 aromatic heterocycles. The molecule has 1 heterocycles. The van der Waals surface area contributed by atoms with Gasteiger partial charge in [-0.25, -0.2) is 5.01 Å². The molecule has 0 atom stereocenters. The van der Waals surface area contributed by atoms with Gasteiger partial charge in [-0.05, 0) is 54.1 Å². The number of rotatable bonds is 7. The summed E-state index contributed by atoms with van der Waals surface area (Å²) in [6.45, 7) is -0.475. The van der Waals surface area contributed by atoms with Crippen LogP contribution >= 0.6 is 11.6 Å². The number of nitrogens with one attached hydrogen (secondary N) is 2. The average molecular weight is 493 g/mol. The minimum absolute atomic E-state index is 0.142. The first-order valence-corrected chi connectivity index (χ1v) is 10.6. The van der Waals surface area contributed by atoms with Crippen LogP contribution in [0.15, 0.2) is 78.4 Å². The molecule has 3 aromatic rings. The Kier molecular flexibility index (Phi) is 6.74. The molecular formula is C24H17ClN4O6. The second-order valence-electron chi connectivity index (χ2n) is 7.30. The third-order valence-corrected chi connectivity index (χ3v) is 5.14. The van der Waals surface area contributed by atoms with E-state index in [0.717, 1.165) is 11.1 Å². The first-order chi connectivity index (χ1) is 16.8. The lowest BCUT2D eigenvalue weighted by atomic mass is 10.1.